The van der Waals surface area contributed by atoms with E-state index >= 15 is 0 Å². The highest BCUT2D eigenvalue weighted by Gasteiger charge is 2.18. The van der Waals surface area contributed by atoms with Crippen LogP contribution in [0.4, 0.5) is 0 Å². The van der Waals surface area contributed by atoms with Gasteiger partial charge in [-0.15, -0.1) is 0 Å². The van der Waals surface area contributed by atoms with Crippen LogP contribution in [0.2, 0.25) is 0 Å². The first-order valence-electron chi connectivity index (χ1n) is 38.3. The van der Waals surface area contributed by atoms with E-state index < -0.39 is 12.1 Å². The first-order valence-corrected chi connectivity index (χ1v) is 38.3. The van der Waals surface area contributed by atoms with E-state index in [1.807, 2.05) is 6.08 Å². The lowest BCUT2D eigenvalue weighted by Crippen LogP contribution is -2.45. The van der Waals surface area contributed by atoms with Gasteiger partial charge in [0.2, 0.25) is 5.91 Å². The molecule has 0 saturated heterocycles. The molecule has 0 radical (unpaired) electrons. The van der Waals surface area contributed by atoms with Gasteiger partial charge in [0.05, 0.1) is 25.4 Å². The summed E-state index contributed by atoms with van der Waals surface area (Å²) in [6.45, 7) is 4.92. The van der Waals surface area contributed by atoms with Gasteiger partial charge in [0, 0.05) is 12.8 Å². The Balaban J connectivity index is 3.34. The SMILES string of the molecule is CCCCC/C=C\C/C=C\CCCCCCCCCCCC(=O)OCCCCCCCCCCCCCCCCCCCCCCCCCCCCCCCCC(=O)NC(CO)C(O)/C=C/CCCCCCCCCCCCCCCCCC. The number of allylic oxidation sites excluding steroid dienone is 5. The molecule has 0 aliphatic heterocycles. The minimum atomic E-state index is -0.842. The van der Waals surface area contributed by atoms with Gasteiger partial charge in [-0.3, -0.25) is 9.59 Å². The van der Waals surface area contributed by atoms with Crippen LogP contribution in [0, 0.1) is 0 Å². The molecule has 0 rings (SSSR count). The van der Waals surface area contributed by atoms with Crippen molar-refractivity contribution < 1.29 is 24.5 Å². The Labute approximate surface area is 525 Å². The van der Waals surface area contributed by atoms with E-state index in [2.05, 4.69) is 43.5 Å². The van der Waals surface area contributed by atoms with Crippen molar-refractivity contribution in [1.82, 2.24) is 5.32 Å². The fraction of sp³-hybridized carbons (Fsp3) is 0.897. The molecule has 0 saturated carbocycles. The molecule has 0 aromatic heterocycles. The second kappa shape index (κ2) is 73.5. The molecule has 3 N–H and O–H groups in total. The molecule has 0 spiro atoms. The van der Waals surface area contributed by atoms with Crippen molar-refractivity contribution in [3.8, 4) is 0 Å². The average Bonchev–Trinajstić information content (AvgIpc) is 3.51. The summed E-state index contributed by atoms with van der Waals surface area (Å²) < 4.78 is 5.51. The zero-order valence-electron chi connectivity index (χ0n) is 56.9. The van der Waals surface area contributed by atoms with Crippen molar-refractivity contribution >= 4 is 11.9 Å². The second-order valence-corrected chi connectivity index (χ2v) is 26.3. The van der Waals surface area contributed by atoms with Crippen LogP contribution >= 0.6 is 0 Å². The number of esters is 1. The zero-order valence-corrected chi connectivity index (χ0v) is 56.9. The lowest BCUT2D eigenvalue weighted by molar-refractivity contribution is -0.143. The summed E-state index contributed by atoms with van der Waals surface area (Å²) in [6, 6.07) is -0.625. The highest BCUT2D eigenvalue weighted by molar-refractivity contribution is 5.76. The lowest BCUT2D eigenvalue weighted by Gasteiger charge is -2.20. The summed E-state index contributed by atoms with van der Waals surface area (Å²) in [7, 11) is 0. The molecular formula is C78H149NO5. The third-order valence-electron chi connectivity index (χ3n) is 17.9. The predicted molar refractivity (Wildman–Crippen MR) is 370 cm³/mol. The summed E-state index contributed by atoms with van der Waals surface area (Å²) in [5, 5.41) is 23.2. The number of unbranched alkanes of at least 4 members (excludes halogenated alkanes) is 57. The number of amides is 1. The van der Waals surface area contributed by atoms with Gasteiger partial charge < -0.3 is 20.3 Å². The van der Waals surface area contributed by atoms with E-state index in [9.17, 15) is 19.8 Å². The molecular weight excluding hydrogens is 1030 g/mol. The number of rotatable bonds is 72. The minimum Gasteiger partial charge on any atom is -0.466 e. The Morgan fingerprint density at radius 1 is 0.333 bits per heavy atom. The van der Waals surface area contributed by atoms with Gasteiger partial charge >= 0.3 is 5.97 Å². The van der Waals surface area contributed by atoms with Gasteiger partial charge in [0.25, 0.3) is 0 Å². The van der Waals surface area contributed by atoms with Gasteiger partial charge in [-0.1, -0.05) is 384 Å². The Bertz CT molecular complexity index is 1360. The highest BCUT2D eigenvalue weighted by Crippen LogP contribution is 2.19. The van der Waals surface area contributed by atoms with Crippen LogP contribution in [0.1, 0.15) is 425 Å². The van der Waals surface area contributed by atoms with E-state index in [4.69, 9.17) is 4.74 Å². The largest absolute Gasteiger partial charge is 0.466 e. The zero-order chi connectivity index (χ0) is 60.6. The van der Waals surface area contributed by atoms with Crippen LogP contribution in [0.5, 0.6) is 0 Å². The van der Waals surface area contributed by atoms with E-state index in [0.29, 0.717) is 19.4 Å². The maximum Gasteiger partial charge on any atom is 0.305 e. The van der Waals surface area contributed by atoms with Crippen molar-refractivity contribution in [3.05, 3.63) is 36.5 Å². The molecule has 0 aromatic carbocycles. The standard InChI is InChI=1S/C78H149NO5/c1-3-5-7-9-11-13-15-17-19-21-35-40-44-48-52-56-60-64-68-72-78(83)84-73-69-65-61-57-53-49-45-41-37-34-32-30-28-26-24-23-25-27-29-31-33-36-39-43-47-51-55-59-63-67-71-77(82)79-75(74-80)76(81)70-66-62-58-54-50-46-42-38-22-20-18-16-14-12-10-8-6-4-2/h11,13,17,19,66,70,75-76,80-81H,3-10,12,14-16,18,20-65,67-69,71-74H2,1-2H3,(H,79,82)/b13-11-,19-17-,70-66+. The molecule has 0 heterocycles. The van der Waals surface area contributed by atoms with E-state index in [0.717, 1.165) is 51.4 Å². The second-order valence-electron chi connectivity index (χ2n) is 26.3. The van der Waals surface area contributed by atoms with Crippen molar-refractivity contribution in [2.75, 3.05) is 13.2 Å². The van der Waals surface area contributed by atoms with E-state index in [1.165, 1.54) is 347 Å². The molecule has 0 aromatic rings. The number of nitrogens with one attached hydrogen (secondary N) is 1. The van der Waals surface area contributed by atoms with Crippen molar-refractivity contribution in [2.24, 2.45) is 0 Å². The average molecular weight is 1180 g/mol. The topological polar surface area (TPSA) is 95.9 Å². The Morgan fingerprint density at radius 3 is 0.929 bits per heavy atom. The Hall–Kier alpha value is -1.92. The maximum absolute atomic E-state index is 12.5. The number of hydrogen-bond donors (Lipinski definition) is 3. The number of carbonyl (C=O) groups is 2. The minimum absolute atomic E-state index is 0.0167. The van der Waals surface area contributed by atoms with Crippen LogP contribution in [0.3, 0.4) is 0 Å². The summed E-state index contributed by atoms with van der Waals surface area (Å²) in [4.78, 5) is 24.6. The van der Waals surface area contributed by atoms with Gasteiger partial charge in [-0.2, -0.15) is 0 Å². The number of hydrogen-bond acceptors (Lipinski definition) is 5. The number of ether oxygens (including phenoxy) is 1. The van der Waals surface area contributed by atoms with Crippen LogP contribution in [0.15, 0.2) is 36.5 Å². The Morgan fingerprint density at radius 2 is 0.595 bits per heavy atom. The summed E-state index contributed by atoms with van der Waals surface area (Å²) in [6.07, 6.45) is 95.4. The molecule has 2 atom stereocenters. The smallest absolute Gasteiger partial charge is 0.305 e. The first-order chi connectivity index (χ1) is 41.5. The fourth-order valence-electron chi connectivity index (χ4n) is 12.1. The third-order valence-corrected chi connectivity index (χ3v) is 17.9. The molecule has 6 nitrogen and oxygen atoms in total. The maximum atomic E-state index is 12.5. The number of aliphatic hydroxyl groups is 2. The number of carbonyl (C=O) groups excluding carboxylic acids is 2. The molecule has 0 bridgehead atoms. The van der Waals surface area contributed by atoms with Crippen molar-refractivity contribution in [2.45, 2.75) is 437 Å². The van der Waals surface area contributed by atoms with Crippen molar-refractivity contribution in [1.29, 1.82) is 0 Å². The van der Waals surface area contributed by atoms with Crippen LogP contribution in [0.25, 0.3) is 0 Å². The predicted octanol–water partition coefficient (Wildman–Crippen LogP) is 25.0. The number of aliphatic hydroxyl groups excluding tert-OH is 2. The van der Waals surface area contributed by atoms with Gasteiger partial charge in [-0.05, 0) is 64.2 Å². The molecule has 0 fully saturated rings. The monoisotopic (exact) mass is 1180 g/mol. The molecule has 2 unspecified atom stereocenters. The third kappa shape index (κ3) is 69.2. The first kappa shape index (κ1) is 82.1. The molecule has 1 amide bonds. The normalized spacial score (nSPS) is 12.7. The molecule has 496 valence electrons. The van der Waals surface area contributed by atoms with Gasteiger partial charge in [0.15, 0.2) is 0 Å². The van der Waals surface area contributed by atoms with Gasteiger partial charge in [-0.25, -0.2) is 0 Å². The fourth-order valence-corrected chi connectivity index (χ4v) is 12.1. The summed E-state index contributed by atoms with van der Waals surface area (Å²) >= 11 is 0. The summed E-state index contributed by atoms with van der Waals surface area (Å²) in [5.74, 6) is -0.0438. The van der Waals surface area contributed by atoms with Crippen LogP contribution in [-0.2, 0) is 14.3 Å². The van der Waals surface area contributed by atoms with Crippen molar-refractivity contribution in [3.63, 3.8) is 0 Å². The molecule has 84 heavy (non-hydrogen) atoms. The van der Waals surface area contributed by atoms with Gasteiger partial charge in [0.1, 0.15) is 0 Å². The van der Waals surface area contributed by atoms with E-state index in [-0.39, 0.29) is 18.5 Å². The molecule has 0 aliphatic rings. The quantitative estimate of drug-likeness (QED) is 0.0320. The summed E-state index contributed by atoms with van der Waals surface area (Å²) in [5.41, 5.74) is 0. The van der Waals surface area contributed by atoms with Crippen LogP contribution in [-0.4, -0.2) is 47.4 Å². The highest BCUT2D eigenvalue weighted by atomic mass is 16.5. The lowest BCUT2D eigenvalue weighted by atomic mass is 10.0. The van der Waals surface area contributed by atoms with Crippen LogP contribution < -0.4 is 5.32 Å². The Kier molecular flexibility index (Phi) is 71.9. The van der Waals surface area contributed by atoms with E-state index in [1.54, 1.807) is 6.08 Å². The molecule has 6 heteroatoms. The molecule has 0 aliphatic carbocycles.